The first kappa shape index (κ1) is 23.0. The van der Waals surface area contributed by atoms with Crippen molar-refractivity contribution in [3.8, 4) is 23.2 Å². The minimum atomic E-state index is -0.408. The third-order valence-electron chi connectivity index (χ3n) is 6.89. The van der Waals surface area contributed by atoms with Gasteiger partial charge in [-0.25, -0.2) is 0 Å². The van der Waals surface area contributed by atoms with Crippen LogP contribution in [0.25, 0.3) is 11.3 Å². The molecule has 0 radical (unpaired) electrons. The number of nitrogens with one attached hydrogen (secondary N) is 2. The van der Waals surface area contributed by atoms with Gasteiger partial charge in [0.1, 0.15) is 18.1 Å². The standard InChI is InChI=1S/C26H27N9O2/c1-16-11-23(33-32-16)29-22-13-24(36-15-26(14-27)7-8-26)31-25(30-22)35-10-4-6-20(35)21-12-19(34-37-21)18-5-3-9-28-17(18)2/h3,5,9,11-13,20H,4,6-8,10,15H2,1-2H3,(H2,29,30,31,32,33)/t20-/m0/s1. The van der Waals surface area contributed by atoms with E-state index in [1.165, 1.54) is 0 Å². The molecule has 0 aromatic carbocycles. The van der Waals surface area contributed by atoms with Crippen LogP contribution in [0.5, 0.6) is 5.88 Å². The molecule has 2 fully saturated rings. The van der Waals surface area contributed by atoms with Crippen LogP contribution < -0.4 is 15.0 Å². The minimum Gasteiger partial charge on any atom is -0.476 e. The molecule has 0 bridgehead atoms. The zero-order valence-corrected chi connectivity index (χ0v) is 20.7. The fourth-order valence-corrected chi connectivity index (χ4v) is 4.57. The van der Waals surface area contributed by atoms with E-state index in [1.807, 2.05) is 38.1 Å². The lowest BCUT2D eigenvalue weighted by Crippen LogP contribution is -2.25. The zero-order valence-electron chi connectivity index (χ0n) is 20.7. The SMILES string of the molecule is Cc1cc(Nc2cc(OCC3(C#N)CC3)nc(N3CCC[C@H]3c3cc(-c4cccnc4C)no3)n2)n[nH]1. The predicted octanol–water partition coefficient (Wildman–Crippen LogP) is 4.63. The molecule has 0 spiro atoms. The molecule has 4 aromatic heterocycles. The molecule has 1 saturated heterocycles. The maximum atomic E-state index is 9.46. The van der Waals surface area contributed by atoms with Gasteiger partial charge in [0, 0.05) is 47.9 Å². The zero-order chi connectivity index (χ0) is 25.4. The van der Waals surface area contributed by atoms with Gasteiger partial charge in [-0.15, -0.1) is 0 Å². The minimum absolute atomic E-state index is 0.0668. The Morgan fingerprint density at radius 2 is 2.14 bits per heavy atom. The van der Waals surface area contributed by atoms with Crippen molar-refractivity contribution in [1.82, 2.24) is 30.3 Å². The Balaban J connectivity index is 1.30. The van der Waals surface area contributed by atoms with Crippen molar-refractivity contribution in [2.24, 2.45) is 5.41 Å². The molecule has 37 heavy (non-hydrogen) atoms. The first-order valence-corrected chi connectivity index (χ1v) is 12.4. The molecule has 1 saturated carbocycles. The largest absolute Gasteiger partial charge is 0.476 e. The molecule has 1 atom stereocenters. The maximum Gasteiger partial charge on any atom is 0.231 e. The van der Waals surface area contributed by atoms with Gasteiger partial charge in [-0.3, -0.25) is 10.1 Å². The third kappa shape index (κ3) is 4.70. The van der Waals surface area contributed by atoms with Crippen LogP contribution >= 0.6 is 0 Å². The van der Waals surface area contributed by atoms with E-state index in [4.69, 9.17) is 19.2 Å². The Kier molecular flexibility index (Phi) is 5.71. The number of aromatic nitrogens is 6. The molecule has 2 N–H and O–H groups in total. The van der Waals surface area contributed by atoms with Crippen LogP contribution in [0.3, 0.4) is 0 Å². The van der Waals surface area contributed by atoms with Crippen molar-refractivity contribution in [3.05, 3.63) is 53.7 Å². The summed E-state index contributed by atoms with van der Waals surface area (Å²) in [6, 6.07) is 11.8. The van der Waals surface area contributed by atoms with Crippen molar-refractivity contribution in [3.63, 3.8) is 0 Å². The first-order valence-electron chi connectivity index (χ1n) is 12.4. The quantitative estimate of drug-likeness (QED) is 0.354. The van der Waals surface area contributed by atoms with Crippen molar-refractivity contribution < 1.29 is 9.26 Å². The highest BCUT2D eigenvalue weighted by Crippen LogP contribution is 2.45. The number of H-pyrrole nitrogens is 1. The summed E-state index contributed by atoms with van der Waals surface area (Å²) in [7, 11) is 0. The average molecular weight is 498 g/mol. The van der Waals surface area contributed by atoms with Crippen molar-refractivity contribution in [1.29, 1.82) is 5.26 Å². The highest BCUT2D eigenvalue weighted by atomic mass is 16.5. The normalized spacial score (nSPS) is 18.0. The molecule has 188 valence electrons. The Bertz CT molecular complexity index is 1470. The van der Waals surface area contributed by atoms with Crippen molar-refractivity contribution in [2.75, 3.05) is 23.4 Å². The monoisotopic (exact) mass is 497 g/mol. The molecule has 5 heterocycles. The van der Waals surface area contributed by atoms with Gasteiger partial charge in [0.15, 0.2) is 11.6 Å². The van der Waals surface area contributed by atoms with E-state index in [9.17, 15) is 5.26 Å². The maximum absolute atomic E-state index is 9.46. The Morgan fingerprint density at radius 3 is 2.89 bits per heavy atom. The number of aromatic amines is 1. The van der Waals surface area contributed by atoms with Crippen molar-refractivity contribution in [2.45, 2.75) is 45.6 Å². The summed E-state index contributed by atoms with van der Waals surface area (Å²) in [5.74, 6) is 2.89. The van der Waals surface area contributed by atoms with Gasteiger partial charge in [-0.05, 0) is 51.7 Å². The summed E-state index contributed by atoms with van der Waals surface area (Å²) in [6.45, 7) is 4.96. The van der Waals surface area contributed by atoms with Crippen LogP contribution in [-0.2, 0) is 0 Å². The molecule has 4 aromatic rings. The van der Waals surface area contributed by atoms with E-state index in [1.54, 1.807) is 12.3 Å². The molecule has 0 amide bonds. The highest BCUT2D eigenvalue weighted by Gasteiger charge is 2.44. The number of anilines is 3. The van der Waals surface area contributed by atoms with Gasteiger partial charge in [-0.2, -0.15) is 20.3 Å². The molecule has 1 aliphatic heterocycles. The number of nitriles is 1. The topological polar surface area (TPSA) is 142 Å². The molecule has 1 aliphatic carbocycles. The first-order chi connectivity index (χ1) is 18.0. The Labute approximate surface area is 213 Å². The molecule has 11 nitrogen and oxygen atoms in total. The van der Waals surface area contributed by atoms with E-state index in [2.05, 4.69) is 36.6 Å². The number of aryl methyl sites for hydroxylation is 2. The van der Waals surface area contributed by atoms with E-state index in [-0.39, 0.29) is 6.04 Å². The van der Waals surface area contributed by atoms with Gasteiger partial charge < -0.3 is 19.5 Å². The number of rotatable bonds is 8. The van der Waals surface area contributed by atoms with E-state index in [0.29, 0.717) is 30.1 Å². The van der Waals surface area contributed by atoms with Crippen LogP contribution in [0, 0.1) is 30.6 Å². The van der Waals surface area contributed by atoms with Gasteiger partial charge in [-0.1, -0.05) is 5.16 Å². The Hall–Kier alpha value is -4.46. The van der Waals surface area contributed by atoms with Crippen LogP contribution in [0.2, 0.25) is 0 Å². The summed E-state index contributed by atoms with van der Waals surface area (Å²) in [5, 5.41) is 24.2. The van der Waals surface area contributed by atoms with E-state index < -0.39 is 5.41 Å². The van der Waals surface area contributed by atoms with E-state index >= 15 is 0 Å². The van der Waals surface area contributed by atoms with Crippen molar-refractivity contribution >= 4 is 17.6 Å². The summed E-state index contributed by atoms with van der Waals surface area (Å²) < 4.78 is 11.8. The van der Waals surface area contributed by atoms with Gasteiger partial charge in [0.25, 0.3) is 0 Å². The van der Waals surface area contributed by atoms with Crippen LogP contribution in [0.4, 0.5) is 17.6 Å². The van der Waals surface area contributed by atoms with Crippen LogP contribution in [0.15, 0.2) is 41.1 Å². The van der Waals surface area contributed by atoms with Crippen LogP contribution in [0.1, 0.15) is 48.9 Å². The highest BCUT2D eigenvalue weighted by molar-refractivity contribution is 5.62. The molecular weight excluding hydrogens is 470 g/mol. The summed E-state index contributed by atoms with van der Waals surface area (Å²) in [5.41, 5.74) is 3.12. The lowest BCUT2D eigenvalue weighted by Gasteiger charge is -2.23. The number of hydrogen-bond acceptors (Lipinski definition) is 10. The molecular formula is C26H27N9O2. The second-order valence-corrected chi connectivity index (χ2v) is 9.74. The second kappa shape index (κ2) is 9.20. The third-order valence-corrected chi connectivity index (χ3v) is 6.89. The molecule has 2 aliphatic rings. The summed E-state index contributed by atoms with van der Waals surface area (Å²) in [4.78, 5) is 16.0. The van der Waals surface area contributed by atoms with Gasteiger partial charge >= 0.3 is 0 Å². The molecule has 6 rings (SSSR count). The summed E-state index contributed by atoms with van der Waals surface area (Å²) in [6.07, 6.45) is 5.30. The number of ether oxygens (including phenoxy) is 1. The smallest absolute Gasteiger partial charge is 0.231 e. The Morgan fingerprint density at radius 1 is 1.24 bits per heavy atom. The lowest BCUT2D eigenvalue weighted by atomic mass is 10.1. The number of pyridine rings is 1. The molecule has 11 heteroatoms. The van der Waals surface area contributed by atoms with Gasteiger partial charge in [0.05, 0.1) is 17.5 Å². The second-order valence-electron chi connectivity index (χ2n) is 9.74. The number of nitrogens with zero attached hydrogens (tertiary/aromatic N) is 7. The van der Waals surface area contributed by atoms with Gasteiger partial charge in [0.2, 0.25) is 11.8 Å². The summed E-state index contributed by atoms with van der Waals surface area (Å²) >= 11 is 0. The lowest BCUT2D eigenvalue weighted by molar-refractivity contribution is 0.259. The fourth-order valence-electron chi connectivity index (χ4n) is 4.57. The van der Waals surface area contributed by atoms with E-state index in [0.717, 1.165) is 60.6 Å². The van der Waals surface area contributed by atoms with Crippen LogP contribution in [-0.4, -0.2) is 43.5 Å². The predicted molar refractivity (Wildman–Crippen MR) is 135 cm³/mol. The average Bonchev–Trinajstić information content (AvgIpc) is 3.25. The number of hydrogen-bond donors (Lipinski definition) is 2. The molecule has 0 unspecified atom stereocenters. The fraction of sp³-hybridized carbons (Fsp3) is 0.385.